The number of nitrogens with one attached hydrogen (secondary N) is 2. The molecule has 0 aliphatic carbocycles. The molecule has 1 rings (SSSR count). The molecule has 0 aliphatic heterocycles. The van der Waals surface area contributed by atoms with Crippen molar-refractivity contribution in [1.82, 2.24) is 10.6 Å². The van der Waals surface area contributed by atoms with Crippen molar-refractivity contribution in [3.05, 3.63) is 34.9 Å². The highest BCUT2D eigenvalue weighted by atomic mass is 127. The summed E-state index contributed by atoms with van der Waals surface area (Å²) in [5, 5.41) is 17.1. The number of benzene rings is 1. The van der Waals surface area contributed by atoms with Crippen LogP contribution in [0.25, 0.3) is 0 Å². The largest absolute Gasteiger partial charge is 0.386 e. The Morgan fingerprint density at radius 2 is 2.00 bits per heavy atom. The van der Waals surface area contributed by atoms with Gasteiger partial charge in [0, 0.05) is 23.9 Å². The molecule has 0 aromatic heterocycles. The van der Waals surface area contributed by atoms with E-state index in [4.69, 9.17) is 11.6 Å². The van der Waals surface area contributed by atoms with Crippen LogP contribution in [0, 0.1) is 0 Å². The first-order valence-corrected chi connectivity index (χ1v) is 8.39. The fraction of sp³-hybridized carbons (Fsp3) is 0.500. The summed E-state index contributed by atoms with van der Waals surface area (Å²) in [6.45, 7) is 3.98. The number of aliphatic hydroxyl groups is 1. The van der Waals surface area contributed by atoms with Crippen molar-refractivity contribution in [2.24, 2.45) is 4.99 Å². The number of hydrogen-bond acceptors (Lipinski definition) is 3. The van der Waals surface area contributed by atoms with E-state index in [2.05, 4.69) is 21.9 Å². The zero-order valence-corrected chi connectivity index (χ0v) is 16.2. The minimum atomic E-state index is -0.622. The highest BCUT2D eigenvalue weighted by Crippen LogP contribution is 2.16. The molecule has 0 saturated heterocycles. The van der Waals surface area contributed by atoms with Crippen LogP contribution >= 0.6 is 47.3 Å². The number of halogens is 2. The molecular formula is C14H23ClIN3OS. The van der Waals surface area contributed by atoms with Gasteiger partial charge in [0.25, 0.3) is 0 Å². The van der Waals surface area contributed by atoms with Crippen LogP contribution in [-0.2, 0) is 0 Å². The predicted octanol–water partition coefficient (Wildman–Crippen LogP) is 2.91. The number of rotatable bonds is 7. The molecule has 0 heterocycles. The Balaban J connectivity index is 0.00000400. The molecule has 21 heavy (non-hydrogen) atoms. The number of aliphatic hydroxyl groups excluding tert-OH is 1. The molecule has 1 aromatic carbocycles. The van der Waals surface area contributed by atoms with Gasteiger partial charge in [0.1, 0.15) is 0 Å². The number of thioether (sulfide) groups is 1. The maximum atomic E-state index is 10.1. The van der Waals surface area contributed by atoms with E-state index in [0.29, 0.717) is 11.6 Å². The molecule has 1 unspecified atom stereocenters. The molecule has 3 N–H and O–H groups in total. The van der Waals surface area contributed by atoms with Gasteiger partial charge in [-0.15, -0.1) is 24.0 Å². The topological polar surface area (TPSA) is 56.7 Å². The molecule has 7 heteroatoms. The summed E-state index contributed by atoms with van der Waals surface area (Å²) < 4.78 is 0. The van der Waals surface area contributed by atoms with Crippen LogP contribution in [0.5, 0.6) is 0 Å². The lowest BCUT2D eigenvalue weighted by Gasteiger charge is -2.13. The molecule has 4 nitrogen and oxygen atoms in total. The van der Waals surface area contributed by atoms with Crippen LogP contribution in [0.1, 0.15) is 18.6 Å². The lowest BCUT2D eigenvalue weighted by molar-refractivity contribution is 0.187. The molecule has 120 valence electrons. The Bertz CT molecular complexity index is 417. The second kappa shape index (κ2) is 12.4. The van der Waals surface area contributed by atoms with E-state index in [1.807, 2.05) is 19.1 Å². The lowest BCUT2D eigenvalue weighted by Crippen LogP contribution is -2.38. The average molecular weight is 444 g/mol. The minimum absolute atomic E-state index is 0. The molecule has 0 radical (unpaired) electrons. The summed E-state index contributed by atoms with van der Waals surface area (Å²) in [7, 11) is 0. The summed E-state index contributed by atoms with van der Waals surface area (Å²) in [5.41, 5.74) is 0.818. The first kappa shape index (κ1) is 20.8. The SMILES string of the molecule is CCNC(=NCC(O)c1ccc(Cl)cc1)NCCSC.I. The van der Waals surface area contributed by atoms with Crippen LogP contribution in [0.2, 0.25) is 5.02 Å². The van der Waals surface area contributed by atoms with Gasteiger partial charge in [0.05, 0.1) is 12.6 Å². The first-order valence-electron chi connectivity index (χ1n) is 6.62. The Morgan fingerprint density at radius 3 is 2.57 bits per heavy atom. The summed E-state index contributed by atoms with van der Waals surface area (Å²) in [6, 6.07) is 7.17. The molecule has 0 amide bonds. The zero-order chi connectivity index (χ0) is 14.8. The van der Waals surface area contributed by atoms with Crippen LogP contribution in [-0.4, -0.2) is 42.7 Å². The van der Waals surface area contributed by atoms with Gasteiger partial charge >= 0.3 is 0 Å². The molecule has 0 spiro atoms. The number of guanidine groups is 1. The predicted molar refractivity (Wildman–Crippen MR) is 104 cm³/mol. The number of hydrogen-bond donors (Lipinski definition) is 3. The molecule has 0 saturated carbocycles. The third-order valence-electron chi connectivity index (χ3n) is 2.62. The van der Waals surface area contributed by atoms with Gasteiger partial charge in [-0.1, -0.05) is 23.7 Å². The van der Waals surface area contributed by atoms with Gasteiger partial charge in [0.15, 0.2) is 5.96 Å². The monoisotopic (exact) mass is 443 g/mol. The summed E-state index contributed by atoms with van der Waals surface area (Å²) >= 11 is 7.60. The minimum Gasteiger partial charge on any atom is -0.386 e. The van der Waals surface area contributed by atoms with E-state index < -0.39 is 6.10 Å². The summed E-state index contributed by atoms with van der Waals surface area (Å²) in [4.78, 5) is 4.39. The third kappa shape index (κ3) is 8.75. The first-order chi connectivity index (χ1) is 9.67. The van der Waals surface area contributed by atoms with Gasteiger partial charge < -0.3 is 15.7 Å². The average Bonchev–Trinajstić information content (AvgIpc) is 2.45. The molecular weight excluding hydrogens is 421 g/mol. The maximum absolute atomic E-state index is 10.1. The Labute approximate surface area is 153 Å². The van der Waals surface area contributed by atoms with Crippen molar-refractivity contribution in [3.63, 3.8) is 0 Å². The van der Waals surface area contributed by atoms with Gasteiger partial charge in [0.2, 0.25) is 0 Å². The van der Waals surface area contributed by atoms with Crippen LogP contribution in [0.4, 0.5) is 0 Å². The highest BCUT2D eigenvalue weighted by molar-refractivity contribution is 14.0. The highest BCUT2D eigenvalue weighted by Gasteiger charge is 2.07. The van der Waals surface area contributed by atoms with Gasteiger partial charge in [-0.2, -0.15) is 11.8 Å². The smallest absolute Gasteiger partial charge is 0.191 e. The van der Waals surface area contributed by atoms with Crippen molar-refractivity contribution in [2.45, 2.75) is 13.0 Å². The molecule has 0 bridgehead atoms. The van der Waals surface area contributed by atoms with E-state index in [-0.39, 0.29) is 24.0 Å². The molecule has 0 aliphatic rings. The van der Waals surface area contributed by atoms with Crippen LogP contribution in [0.3, 0.4) is 0 Å². The fourth-order valence-electron chi connectivity index (χ4n) is 1.58. The van der Waals surface area contributed by atoms with E-state index in [0.717, 1.165) is 30.4 Å². The van der Waals surface area contributed by atoms with Crippen molar-refractivity contribution in [3.8, 4) is 0 Å². The van der Waals surface area contributed by atoms with Gasteiger partial charge in [-0.05, 0) is 30.9 Å². The third-order valence-corrected chi connectivity index (χ3v) is 3.48. The summed E-state index contributed by atoms with van der Waals surface area (Å²) in [6.07, 6.45) is 1.44. The summed E-state index contributed by atoms with van der Waals surface area (Å²) in [5.74, 6) is 1.75. The standard InChI is InChI=1S/C14H22ClN3OS.HI/c1-3-16-14(17-8-9-20-2)18-10-13(19)11-4-6-12(15)7-5-11;/h4-7,13,19H,3,8-10H2,1-2H3,(H2,16,17,18);1H. The molecule has 1 aromatic rings. The number of nitrogens with zero attached hydrogens (tertiary/aromatic N) is 1. The molecule has 1 atom stereocenters. The van der Waals surface area contributed by atoms with E-state index >= 15 is 0 Å². The zero-order valence-electron chi connectivity index (χ0n) is 12.3. The Morgan fingerprint density at radius 1 is 1.33 bits per heavy atom. The normalized spacial score (nSPS) is 12.5. The van der Waals surface area contributed by atoms with Crippen molar-refractivity contribution in [1.29, 1.82) is 0 Å². The van der Waals surface area contributed by atoms with Crippen molar-refractivity contribution >= 4 is 53.3 Å². The van der Waals surface area contributed by atoms with Crippen molar-refractivity contribution in [2.75, 3.05) is 31.6 Å². The van der Waals surface area contributed by atoms with Crippen molar-refractivity contribution < 1.29 is 5.11 Å². The Kier molecular flexibility index (Phi) is 12.3. The van der Waals surface area contributed by atoms with Gasteiger partial charge in [-0.3, -0.25) is 4.99 Å². The van der Waals surface area contributed by atoms with Crippen LogP contribution in [0.15, 0.2) is 29.3 Å². The lowest BCUT2D eigenvalue weighted by atomic mass is 10.1. The second-order valence-electron chi connectivity index (χ2n) is 4.21. The second-order valence-corrected chi connectivity index (χ2v) is 5.63. The van der Waals surface area contributed by atoms with E-state index in [9.17, 15) is 5.11 Å². The quantitative estimate of drug-likeness (QED) is 0.262. The van der Waals surface area contributed by atoms with Crippen LogP contribution < -0.4 is 10.6 Å². The van der Waals surface area contributed by atoms with E-state index in [1.54, 1.807) is 23.9 Å². The molecule has 0 fully saturated rings. The maximum Gasteiger partial charge on any atom is 0.191 e. The fourth-order valence-corrected chi connectivity index (χ4v) is 2.01. The Hall–Kier alpha value is -0.180. The number of aliphatic imine (C=N–C) groups is 1. The van der Waals surface area contributed by atoms with Gasteiger partial charge in [-0.25, -0.2) is 0 Å². The van der Waals surface area contributed by atoms with E-state index in [1.165, 1.54) is 0 Å².